The van der Waals surface area contributed by atoms with E-state index in [9.17, 15) is 14.4 Å². The lowest BCUT2D eigenvalue weighted by Gasteiger charge is -2.23. The van der Waals surface area contributed by atoms with E-state index in [2.05, 4.69) is 16.0 Å². The standard InChI is InChI=1S/C22H27N3O3/c1-14(2)21(25-20(27)13-17-9-6-5-7-10-17)22(28)24-19-12-8-11-18(15(19)3)23-16(4)26/h5-12,14,21H,13H2,1-4H3,(H,23,26)(H,24,28)(H,25,27). The maximum Gasteiger partial charge on any atom is 0.247 e. The van der Waals surface area contributed by atoms with Crippen LogP contribution in [0.15, 0.2) is 48.5 Å². The Morgan fingerprint density at radius 3 is 2.07 bits per heavy atom. The molecule has 0 bridgehead atoms. The highest BCUT2D eigenvalue weighted by molar-refractivity contribution is 5.99. The van der Waals surface area contributed by atoms with Crippen molar-refractivity contribution in [2.75, 3.05) is 10.6 Å². The molecule has 0 aliphatic heterocycles. The first kappa shape index (κ1) is 21.2. The van der Waals surface area contributed by atoms with Gasteiger partial charge in [0, 0.05) is 18.3 Å². The fraction of sp³-hybridized carbons (Fsp3) is 0.318. The molecule has 0 saturated carbocycles. The zero-order valence-electron chi connectivity index (χ0n) is 16.7. The number of anilines is 2. The van der Waals surface area contributed by atoms with Crippen LogP contribution in [0.4, 0.5) is 11.4 Å². The Kier molecular flexibility index (Phi) is 7.32. The molecule has 2 rings (SSSR count). The highest BCUT2D eigenvalue weighted by Crippen LogP contribution is 2.23. The maximum atomic E-state index is 12.8. The highest BCUT2D eigenvalue weighted by Gasteiger charge is 2.25. The summed E-state index contributed by atoms with van der Waals surface area (Å²) in [6, 6.07) is 14.0. The molecule has 2 aromatic carbocycles. The van der Waals surface area contributed by atoms with Crippen molar-refractivity contribution < 1.29 is 14.4 Å². The van der Waals surface area contributed by atoms with Gasteiger partial charge in [-0.1, -0.05) is 50.2 Å². The summed E-state index contributed by atoms with van der Waals surface area (Å²) in [4.78, 5) is 36.5. The number of amides is 3. The van der Waals surface area contributed by atoms with E-state index in [1.807, 2.05) is 51.1 Å². The molecule has 2 aromatic rings. The van der Waals surface area contributed by atoms with Gasteiger partial charge in [-0.3, -0.25) is 14.4 Å². The lowest BCUT2D eigenvalue weighted by atomic mass is 10.0. The lowest BCUT2D eigenvalue weighted by Crippen LogP contribution is -2.47. The number of nitrogens with one attached hydrogen (secondary N) is 3. The van der Waals surface area contributed by atoms with Crippen LogP contribution in [0.3, 0.4) is 0 Å². The summed E-state index contributed by atoms with van der Waals surface area (Å²) >= 11 is 0. The van der Waals surface area contributed by atoms with E-state index < -0.39 is 6.04 Å². The van der Waals surface area contributed by atoms with Crippen molar-refractivity contribution in [1.29, 1.82) is 0 Å². The summed E-state index contributed by atoms with van der Waals surface area (Å²) in [6.07, 6.45) is 0.217. The third kappa shape index (κ3) is 5.94. The predicted octanol–water partition coefficient (Wildman–Crippen LogP) is 3.28. The van der Waals surface area contributed by atoms with Gasteiger partial charge in [0.15, 0.2) is 0 Å². The van der Waals surface area contributed by atoms with Crippen molar-refractivity contribution in [1.82, 2.24) is 5.32 Å². The fourth-order valence-electron chi connectivity index (χ4n) is 2.85. The predicted molar refractivity (Wildman–Crippen MR) is 111 cm³/mol. The van der Waals surface area contributed by atoms with Gasteiger partial charge >= 0.3 is 0 Å². The molecule has 0 radical (unpaired) electrons. The number of hydrogen-bond donors (Lipinski definition) is 3. The average Bonchev–Trinajstić information content (AvgIpc) is 2.63. The van der Waals surface area contributed by atoms with Crippen molar-refractivity contribution in [3.63, 3.8) is 0 Å². The number of hydrogen-bond acceptors (Lipinski definition) is 3. The Balaban J connectivity index is 2.09. The summed E-state index contributed by atoms with van der Waals surface area (Å²) in [5, 5.41) is 8.44. The van der Waals surface area contributed by atoms with Crippen LogP contribution < -0.4 is 16.0 Å². The number of rotatable bonds is 7. The minimum atomic E-state index is -0.667. The molecule has 0 aliphatic carbocycles. The Hall–Kier alpha value is -3.15. The minimum Gasteiger partial charge on any atom is -0.344 e. The van der Waals surface area contributed by atoms with Crippen LogP contribution in [0.5, 0.6) is 0 Å². The second-order valence-corrected chi connectivity index (χ2v) is 7.10. The third-order valence-corrected chi connectivity index (χ3v) is 4.38. The molecule has 0 spiro atoms. The Bertz CT molecular complexity index is 847. The first-order valence-corrected chi connectivity index (χ1v) is 9.29. The molecule has 0 fully saturated rings. The number of carbonyl (C=O) groups excluding carboxylic acids is 3. The van der Waals surface area contributed by atoms with Crippen molar-refractivity contribution in [2.24, 2.45) is 5.92 Å². The van der Waals surface area contributed by atoms with Gasteiger partial charge in [-0.05, 0) is 36.1 Å². The normalized spacial score (nSPS) is 11.6. The molecule has 148 valence electrons. The van der Waals surface area contributed by atoms with Crippen LogP contribution in [-0.2, 0) is 20.8 Å². The van der Waals surface area contributed by atoms with Gasteiger partial charge in [0.2, 0.25) is 17.7 Å². The van der Waals surface area contributed by atoms with E-state index >= 15 is 0 Å². The van der Waals surface area contributed by atoms with Gasteiger partial charge in [-0.15, -0.1) is 0 Å². The molecule has 0 heterocycles. The maximum absolute atomic E-state index is 12.8. The SMILES string of the molecule is CC(=O)Nc1cccc(NC(=O)C(NC(=O)Cc2ccccc2)C(C)C)c1C. The second-order valence-electron chi connectivity index (χ2n) is 7.10. The van der Waals surface area contributed by atoms with Crippen molar-refractivity contribution in [3.05, 3.63) is 59.7 Å². The summed E-state index contributed by atoms with van der Waals surface area (Å²) in [5.41, 5.74) is 2.88. The highest BCUT2D eigenvalue weighted by atomic mass is 16.2. The van der Waals surface area contributed by atoms with Crippen molar-refractivity contribution >= 4 is 29.1 Å². The van der Waals surface area contributed by atoms with Crippen LogP contribution in [0.25, 0.3) is 0 Å². The van der Waals surface area contributed by atoms with Crippen LogP contribution in [0, 0.1) is 12.8 Å². The van der Waals surface area contributed by atoms with Gasteiger partial charge in [0.25, 0.3) is 0 Å². The first-order valence-electron chi connectivity index (χ1n) is 9.29. The molecule has 28 heavy (non-hydrogen) atoms. The van der Waals surface area contributed by atoms with Crippen molar-refractivity contribution in [3.8, 4) is 0 Å². The quantitative estimate of drug-likeness (QED) is 0.688. The van der Waals surface area contributed by atoms with Gasteiger partial charge in [0.1, 0.15) is 6.04 Å². The lowest BCUT2D eigenvalue weighted by molar-refractivity contribution is -0.127. The van der Waals surface area contributed by atoms with Crippen LogP contribution >= 0.6 is 0 Å². The molecule has 6 heteroatoms. The zero-order chi connectivity index (χ0) is 20.7. The summed E-state index contributed by atoms with van der Waals surface area (Å²) < 4.78 is 0. The molecule has 3 amide bonds. The van der Waals surface area contributed by atoms with E-state index in [4.69, 9.17) is 0 Å². The molecule has 6 nitrogen and oxygen atoms in total. The Labute approximate surface area is 165 Å². The smallest absolute Gasteiger partial charge is 0.247 e. The minimum absolute atomic E-state index is 0.0847. The monoisotopic (exact) mass is 381 g/mol. The Morgan fingerprint density at radius 1 is 0.893 bits per heavy atom. The van der Waals surface area contributed by atoms with E-state index in [1.165, 1.54) is 6.92 Å². The molecular formula is C22H27N3O3. The van der Waals surface area contributed by atoms with E-state index in [0.717, 1.165) is 11.1 Å². The largest absolute Gasteiger partial charge is 0.344 e. The second kappa shape index (κ2) is 9.69. The molecule has 1 unspecified atom stereocenters. The van der Waals surface area contributed by atoms with Crippen LogP contribution in [0.1, 0.15) is 31.9 Å². The molecular weight excluding hydrogens is 354 g/mol. The molecule has 1 atom stereocenters. The van der Waals surface area contributed by atoms with Crippen molar-refractivity contribution in [2.45, 2.75) is 40.2 Å². The number of benzene rings is 2. The third-order valence-electron chi connectivity index (χ3n) is 4.38. The average molecular weight is 381 g/mol. The summed E-state index contributed by atoms with van der Waals surface area (Å²) in [5.74, 6) is -0.762. The van der Waals surface area contributed by atoms with Gasteiger partial charge in [-0.25, -0.2) is 0 Å². The van der Waals surface area contributed by atoms with Crippen LogP contribution in [-0.4, -0.2) is 23.8 Å². The molecule has 0 aliphatic rings. The number of carbonyl (C=O) groups is 3. The fourth-order valence-corrected chi connectivity index (χ4v) is 2.85. The zero-order valence-corrected chi connectivity index (χ0v) is 16.7. The topological polar surface area (TPSA) is 87.3 Å². The van der Waals surface area contributed by atoms with Gasteiger partial charge in [-0.2, -0.15) is 0 Å². The summed E-state index contributed by atoms with van der Waals surface area (Å²) in [6.45, 7) is 7.02. The first-order chi connectivity index (χ1) is 13.3. The molecule has 0 aromatic heterocycles. The van der Waals surface area contributed by atoms with Crippen LogP contribution in [0.2, 0.25) is 0 Å². The van der Waals surface area contributed by atoms with E-state index in [-0.39, 0.29) is 30.1 Å². The van der Waals surface area contributed by atoms with E-state index in [1.54, 1.807) is 18.2 Å². The van der Waals surface area contributed by atoms with E-state index in [0.29, 0.717) is 11.4 Å². The van der Waals surface area contributed by atoms with Gasteiger partial charge < -0.3 is 16.0 Å². The van der Waals surface area contributed by atoms with Gasteiger partial charge in [0.05, 0.1) is 6.42 Å². The molecule has 3 N–H and O–H groups in total. The Morgan fingerprint density at radius 2 is 1.50 bits per heavy atom. The summed E-state index contributed by atoms with van der Waals surface area (Å²) in [7, 11) is 0. The molecule has 0 saturated heterocycles.